The van der Waals surface area contributed by atoms with E-state index in [9.17, 15) is 4.79 Å². The van der Waals surface area contributed by atoms with Crippen molar-refractivity contribution in [3.8, 4) is 0 Å². The lowest BCUT2D eigenvalue weighted by molar-refractivity contribution is 0.161. The van der Waals surface area contributed by atoms with Gasteiger partial charge in [-0.15, -0.1) is 0 Å². The summed E-state index contributed by atoms with van der Waals surface area (Å²) < 4.78 is 0. The minimum atomic E-state index is -0.286. The second kappa shape index (κ2) is 5.56. The molecule has 1 amide bonds. The van der Waals surface area contributed by atoms with Crippen LogP contribution in [-0.4, -0.2) is 24.2 Å². The first-order valence-electron chi connectivity index (χ1n) is 3.09. The van der Waals surface area contributed by atoms with Crippen molar-refractivity contribution < 1.29 is 9.90 Å². The van der Waals surface area contributed by atoms with E-state index in [1.807, 2.05) is 6.92 Å². The Balaban J connectivity index is 2.96. The SMILES string of the molecule is CCC(O)CCN[C]=O. The standard InChI is InChI=1S/C6H12NO2/c1-2-6(9)3-4-7-5-8/h6,9H,2-4H2,1H3,(H,7,8). The van der Waals surface area contributed by atoms with E-state index in [4.69, 9.17) is 5.11 Å². The zero-order chi connectivity index (χ0) is 7.11. The van der Waals surface area contributed by atoms with Gasteiger partial charge in [-0.05, 0) is 12.8 Å². The van der Waals surface area contributed by atoms with Crippen LogP contribution in [0, 0.1) is 0 Å². The van der Waals surface area contributed by atoms with Crippen molar-refractivity contribution in [3.05, 3.63) is 0 Å². The maximum Gasteiger partial charge on any atom is 0.309 e. The molecule has 1 unspecified atom stereocenters. The van der Waals surface area contributed by atoms with Crippen LogP contribution in [0.1, 0.15) is 19.8 Å². The van der Waals surface area contributed by atoms with Crippen LogP contribution in [0.3, 0.4) is 0 Å². The molecule has 3 heteroatoms. The fourth-order valence-electron chi connectivity index (χ4n) is 0.494. The number of aliphatic hydroxyl groups excluding tert-OH is 1. The summed E-state index contributed by atoms with van der Waals surface area (Å²) in [5, 5.41) is 11.3. The van der Waals surface area contributed by atoms with Crippen LogP contribution in [0.4, 0.5) is 0 Å². The Hall–Kier alpha value is -0.570. The van der Waals surface area contributed by atoms with Gasteiger partial charge in [0, 0.05) is 6.54 Å². The van der Waals surface area contributed by atoms with Crippen molar-refractivity contribution in [3.63, 3.8) is 0 Å². The Labute approximate surface area is 55.1 Å². The molecule has 0 fully saturated rings. The van der Waals surface area contributed by atoms with Gasteiger partial charge in [-0.3, -0.25) is 4.79 Å². The maximum atomic E-state index is 9.56. The number of aliphatic hydroxyl groups is 1. The Kier molecular flexibility index (Phi) is 5.21. The molecule has 53 valence electrons. The average Bonchev–Trinajstić information content (AvgIpc) is 1.89. The summed E-state index contributed by atoms with van der Waals surface area (Å²) in [4.78, 5) is 9.56. The summed E-state index contributed by atoms with van der Waals surface area (Å²) in [6.07, 6.45) is 2.60. The van der Waals surface area contributed by atoms with Crippen LogP contribution < -0.4 is 5.32 Å². The van der Waals surface area contributed by atoms with Crippen LogP contribution in [0.2, 0.25) is 0 Å². The summed E-state index contributed by atoms with van der Waals surface area (Å²) in [7, 11) is 0. The van der Waals surface area contributed by atoms with E-state index >= 15 is 0 Å². The molecule has 3 nitrogen and oxygen atoms in total. The molecule has 1 radical (unpaired) electrons. The minimum absolute atomic E-state index is 0.286. The Bertz CT molecular complexity index is 75.5. The molecule has 0 saturated heterocycles. The van der Waals surface area contributed by atoms with Crippen LogP contribution >= 0.6 is 0 Å². The minimum Gasteiger partial charge on any atom is -0.393 e. The molecule has 0 heterocycles. The van der Waals surface area contributed by atoms with Crippen molar-refractivity contribution in [1.82, 2.24) is 5.32 Å². The lowest BCUT2D eigenvalue weighted by Gasteiger charge is -2.04. The number of hydrogen-bond donors (Lipinski definition) is 2. The predicted octanol–water partition coefficient (Wildman–Crippen LogP) is -0.196. The summed E-state index contributed by atoms with van der Waals surface area (Å²) in [6.45, 7) is 2.41. The Morgan fingerprint density at radius 3 is 2.89 bits per heavy atom. The van der Waals surface area contributed by atoms with E-state index in [0.717, 1.165) is 6.42 Å². The second-order valence-electron chi connectivity index (χ2n) is 1.88. The highest BCUT2D eigenvalue weighted by atomic mass is 16.3. The fraction of sp³-hybridized carbons (Fsp3) is 0.833. The molecule has 0 aliphatic heterocycles. The fourth-order valence-corrected chi connectivity index (χ4v) is 0.494. The molecule has 0 rings (SSSR count). The van der Waals surface area contributed by atoms with E-state index in [-0.39, 0.29) is 6.10 Å². The van der Waals surface area contributed by atoms with Gasteiger partial charge in [-0.1, -0.05) is 6.92 Å². The first-order valence-corrected chi connectivity index (χ1v) is 3.09. The highest BCUT2D eigenvalue weighted by Crippen LogP contribution is 1.93. The number of amides is 1. The Morgan fingerprint density at radius 1 is 1.78 bits per heavy atom. The molecule has 0 aliphatic rings. The second-order valence-corrected chi connectivity index (χ2v) is 1.88. The van der Waals surface area contributed by atoms with Crippen molar-refractivity contribution in [2.75, 3.05) is 6.54 Å². The van der Waals surface area contributed by atoms with Crippen molar-refractivity contribution in [2.45, 2.75) is 25.9 Å². The van der Waals surface area contributed by atoms with Crippen LogP contribution in [-0.2, 0) is 4.79 Å². The van der Waals surface area contributed by atoms with Gasteiger partial charge < -0.3 is 10.4 Å². The molecule has 0 saturated carbocycles. The summed E-state index contributed by atoms with van der Waals surface area (Å²) in [6, 6.07) is 0. The molecular weight excluding hydrogens is 118 g/mol. The number of rotatable bonds is 5. The first kappa shape index (κ1) is 8.43. The number of carbonyl (C=O) groups excluding carboxylic acids is 1. The van der Waals surface area contributed by atoms with Crippen LogP contribution in [0.15, 0.2) is 0 Å². The van der Waals surface area contributed by atoms with E-state index in [2.05, 4.69) is 5.32 Å². The van der Waals surface area contributed by atoms with E-state index in [1.165, 1.54) is 6.41 Å². The van der Waals surface area contributed by atoms with E-state index in [0.29, 0.717) is 13.0 Å². The van der Waals surface area contributed by atoms with E-state index in [1.54, 1.807) is 0 Å². The third kappa shape index (κ3) is 5.30. The third-order valence-electron chi connectivity index (χ3n) is 1.15. The van der Waals surface area contributed by atoms with Gasteiger partial charge in [-0.25, -0.2) is 0 Å². The maximum absolute atomic E-state index is 9.56. The highest BCUT2D eigenvalue weighted by Gasteiger charge is 1.97. The molecule has 0 aromatic rings. The van der Waals surface area contributed by atoms with Gasteiger partial charge in [0.25, 0.3) is 0 Å². The monoisotopic (exact) mass is 130 g/mol. The molecular formula is C6H12NO2. The Morgan fingerprint density at radius 2 is 2.44 bits per heavy atom. The average molecular weight is 130 g/mol. The quantitative estimate of drug-likeness (QED) is 0.400. The van der Waals surface area contributed by atoms with Gasteiger partial charge in [0.05, 0.1) is 6.10 Å². The molecule has 0 spiro atoms. The first-order chi connectivity index (χ1) is 4.31. The third-order valence-corrected chi connectivity index (χ3v) is 1.15. The van der Waals surface area contributed by atoms with Crippen molar-refractivity contribution in [1.29, 1.82) is 0 Å². The molecule has 2 N–H and O–H groups in total. The summed E-state index contributed by atoms with van der Waals surface area (Å²) >= 11 is 0. The zero-order valence-corrected chi connectivity index (χ0v) is 5.55. The van der Waals surface area contributed by atoms with Gasteiger partial charge in [0.2, 0.25) is 0 Å². The number of nitrogens with one attached hydrogen (secondary N) is 1. The van der Waals surface area contributed by atoms with Gasteiger partial charge in [-0.2, -0.15) is 0 Å². The van der Waals surface area contributed by atoms with Crippen LogP contribution in [0.25, 0.3) is 0 Å². The van der Waals surface area contributed by atoms with Crippen molar-refractivity contribution in [2.24, 2.45) is 0 Å². The normalized spacial score (nSPS) is 12.7. The summed E-state index contributed by atoms with van der Waals surface area (Å²) in [5.74, 6) is 0. The lowest BCUT2D eigenvalue weighted by Crippen LogP contribution is -2.18. The summed E-state index contributed by atoms with van der Waals surface area (Å²) in [5.41, 5.74) is 0. The van der Waals surface area contributed by atoms with Crippen LogP contribution in [0.5, 0.6) is 0 Å². The van der Waals surface area contributed by atoms with Gasteiger partial charge >= 0.3 is 6.41 Å². The lowest BCUT2D eigenvalue weighted by atomic mass is 10.2. The van der Waals surface area contributed by atoms with Gasteiger partial charge in [0.1, 0.15) is 0 Å². The molecule has 0 bridgehead atoms. The highest BCUT2D eigenvalue weighted by molar-refractivity contribution is 5.46. The molecule has 0 aliphatic carbocycles. The smallest absolute Gasteiger partial charge is 0.309 e. The molecule has 1 atom stereocenters. The molecule has 0 aromatic carbocycles. The molecule has 9 heavy (non-hydrogen) atoms. The van der Waals surface area contributed by atoms with Gasteiger partial charge in [0.15, 0.2) is 0 Å². The zero-order valence-electron chi connectivity index (χ0n) is 5.55. The topological polar surface area (TPSA) is 49.3 Å². The van der Waals surface area contributed by atoms with Crippen molar-refractivity contribution >= 4 is 6.41 Å². The number of hydrogen-bond acceptors (Lipinski definition) is 2. The predicted molar refractivity (Wildman–Crippen MR) is 34.6 cm³/mol. The van der Waals surface area contributed by atoms with E-state index < -0.39 is 0 Å². The molecule has 0 aromatic heterocycles. The largest absolute Gasteiger partial charge is 0.393 e.